The molecule has 0 aromatic heterocycles. The molecular formula is C14H24N2O3. The minimum atomic E-state index is -0.834. The molecule has 1 heterocycles. The average molecular weight is 268 g/mol. The highest BCUT2D eigenvalue weighted by Crippen LogP contribution is 2.26. The van der Waals surface area contributed by atoms with E-state index in [4.69, 9.17) is 5.11 Å². The molecule has 0 aromatic carbocycles. The first-order chi connectivity index (χ1) is 9.08. The van der Waals surface area contributed by atoms with Gasteiger partial charge in [-0.25, -0.2) is 0 Å². The van der Waals surface area contributed by atoms with E-state index in [1.807, 2.05) is 4.90 Å². The van der Waals surface area contributed by atoms with Crippen LogP contribution in [0.1, 0.15) is 45.4 Å². The second-order valence-corrected chi connectivity index (χ2v) is 5.93. The van der Waals surface area contributed by atoms with E-state index in [0.717, 1.165) is 25.9 Å². The number of hydrogen-bond acceptors (Lipinski definition) is 3. The molecule has 1 saturated carbocycles. The standard InChI is InChI=1S/C14H24N2O3/c1-10-8-15-12(6-7-13(17)18)14(19)16(9-10)11-4-2-3-5-11/h10-12,15H,2-9H2,1H3,(H,17,18). The Kier molecular flexibility index (Phi) is 4.80. The monoisotopic (exact) mass is 268 g/mol. The van der Waals surface area contributed by atoms with E-state index >= 15 is 0 Å². The molecule has 19 heavy (non-hydrogen) atoms. The first kappa shape index (κ1) is 14.3. The second kappa shape index (κ2) is 6.37. The van der Waals surface area contributed by atoms with Crippen LogP contribution in [0.15, 0.2) is 0 Å². The minimum Gasteiger partial charge on any atom is -0.481 e. The van der Waals surface area contributed by atoms with Crippen molar-refractivity contribution < 1.29 is 14.7 Å². The van der Waals surface area contributed by atoms with E-state index in [1.165, 1.54) is 12.8 Å². The Morgan fingerprint density at radius 2 is 2.11 bits per heavy atom. The van der Waals surface area contributed by atoms with Crippen molar-refractivity contribution in [3.05, 3.63) is 0 Å². The molecule has 2 fully saturated rings. The first-order valence-corrected chi connectivity index (χ1v) is 7.33. The zero-order chi connectivity index (χ0) is 13.8. The van der Waals surface area contributed by atoms with Crippen LogP contribution in [0.3, 0.4) is 0 Å². The number of aliphatic carboxylic acids is 1. The molecule has 2 atom stereocenters. The van der Waals surface area contributed by atoms with Gasteiger partial charge in [-0.2, -0.15) is 0 Å². The van der Waals surface area contributed by atoms with E-state index in [9.17, 15) is 9.59 Å². The van der Waals surface area contributed by atoms with Crippen molar-refractivity contribution in [1.82, 2.24) is 10.2 Å². The van der Waals surface area contributed by atoms with E-state index in [0.29, 0.717) is 18.4 Å². The fraction of sp³-hybridized carbons (Fsp3) is 0.857. The number of carbonyl (C=O) groups excluding carboxylic acids is 1. The van der Waals surface area contributed by atoms with Gasteiger partial charge in [-0.1, -0.05) is 19.8 Å². The van der Waals surface area contributed by atoms with Gasteiger partial charge in [0.1, 0.15) is 0 Å². The lowest BCUT2D eigenvalue weighted by Crippen LogP contribution is -2.47. The predicted octanol–water partition coefficient (Wildman–Crippen LogP) is 1.23. The Hall–Kier alpha value is -1.10. The lowest BCUT2D eigenvalue weighted by atomic mass is 10.1. The molecule has 1 aliphatic heterocycles. The summed E-state index contributed by atoms with van der Waals surface area (Å²) in [4.78, 5) is 25.3. The van der Waals surface area contributed by atoms with Crippen molar-refractivity contribution in [2.75, 3.05) is 13.1 Å². The Morgan fingerprint density at radius 3 is 2.74 bits per heavy atom. The first-order valence-electron chi connectivity index (χ1n) is 7.33. The van der Waals surface area contributed by atoms with Gasteiger partial charge >= 0.3 is 5.97 Å². The lowest BCUT2D eigenvalue weighted by Gasteiger charge is -2.31. The lowest BCUT2D eigenvalue weighted by molar-refractivity contribution is -0.138. The van der Waals surface area contributed by atoms with Gasteiger partial charge in [0.15, 0.2) is 0 Å². The van der Waals surface area contributed by atoms with E-state index < -0.39 is 5.97 Å². The summed E-state index contributed by atoms with van der Waals surface area (Å²) in [5.74, 6) is -0.295. The number of nitrogens with one attached hydrogen (secondary N) is 1. The zero-order valence-corrected chi connectivity index (χ0v) is 11.6. The summed E-state index contributed by atoms with van der Waals surface area (Å²) in [7, 11) is 0. The molecule has 2 N–H and O–H groups in total. The summed E-state index contributed by atoms with van der Waals surface area (Å²) in [5, 5.41) is 12.0. The zero-order valence-electron chi connectivity index (χ0n) is 11.6. The van der Waals surface area contributed by atoms with Crippen LogP contribution in [0.4, 0.5) is 0 Å². The molecule has 5 heteroatoms. The third-order valence-corrected chi connectivity index (χ3v) is 4.21. The average Bonchev–Trinajstić information content (AvgIpc) is 2.84. The van der Waals surface area contributed by atoms with Crippen LogP contribution < -0.4 is 5.32 Å². The Balaban J connectivity index is 2.03. The van der Waals surface area contributed by atoms with Crippen molar-refractivity contribution >= 4 is 11.9 Å². The highest BCUT2D eigenvalue weighted by atomic mass is 16.4. The maximum Gasteiger partial charge on any atom is 0.303 e. The molecule has 5 nitrogen and oxygen atoms in total. The smallest absolute Gasteiger partial charge is 0.303 e. The number of hydrogen-bond donors (Lipinski definition) is 2. The van der Waals surface area contributed by atoms with Crippen LogP contribution >= 0.6 is 0 Å². The third-order valence-electron chi connectivity index (χ3n) is 4.21. The SMILES string of the molecule is CC1CNC(CCC(=O)O)C(=O)N(C2CCCC2)C1. The normalized spacial score (nSPS) is 29.5. The Morgan fingerprint density at radius 1 is 1.42 bits per heavy atom. The largest absolute Gasteiger partial charge is 0.481 e. The summed E-state index contributed by atoms with van der Waals surface area (Å²) in [6.07, 6.45) is 5.06. The summed E-state index contributed by atoms with van der Waals surface area (Å²) < 4.78 is 0. The van der Waals surface area contributed by atoms with Gasteiger partial charge in [-0.05, 0) is 25.2 Å². The van der Waals surface area contributed by atoms with E-state index in [1.54, 1.807) is 0 Å². The summed E-state index contributed by atoms with van der Waals surface area (Å²) in [6.45, 7) is 3.74. The molecule has 0 radical (unpaired) electrons. The maximum atomic E-state index is 12.6. The topological polar surface area (TPSA) is 69.6 Å². The van der Waals surface area contributed by atoms with Crippen LogP contribution in [0.5, 0.6) is 0 Å². The summed E-state index contributed by atoms with van der Waals surface area (Å²) >= 11 is 0. The molecule has 0 bridgehead atoms. The number of carboxylic acid groups (broad SMARTS) is 1. The summed E-state index contributed by atoms with van der Waals surface area (Å²) in [5.41, 5.74) is 0. The van der Waals surface area contributed by atoms with Gasteiger partial charge in [0, 0.05) is 25.6 Å². The highest BCUT2D eigenvalue weighted by molar-refractivity contribution is 5.83. The van der Waals surface area contributed by atoms with Crippen molar-refractivity contribution in [3.63, 3.8) is 0 Å². The number of rotatable bonds is 4. The molecule has 1 aliphatic carbocycles. The molecule has 0 aromatic rings. The van der Waals surface area contributed by atoms with E-state index in [2.05, 4.69) is 12.2 Å². The number of carbonyl (C=O) groups is 2. The van der Waals surface area contributed by atoms with Crippen LogP contribution in [-0.4, -0.2) is 47.1 Å². The maximum absolute atomic E-state index is 12.6. The molecule has 1 amide bonds. The number of carboxylic acids is 1. The molecule has 2 rings (SSSR count). The van der Waals surface area contributed by atoms with Crippen molar-refractivity contribution in [3.8, 4) is 0 Å². The quantitative estimate of drug-likeness (QED) is 0.804. The van der Waals surface area contributed by atoms with Crippen molar-refractivity contribution in [2.45, 2.75) is 57.5 Å². The third kappa shape index (κ3) is 3.69. The van der Waals surface area contributed by atoms with Gasteiger partial charge in [0.25, 0.3) is 0 Å². The fourth-order valence-corrected chi connectivity index (χ4v) is 3.16. The number of amides is 1. The van der Waals surface area contributed by atoms with E-state index in [-0.39, 0.29) is 18.4 Å². The van der Waals surface area contributed by atoms with Gasteiger partial charge in [-0.3, -0.25) is 9.59 Å². The van der Waals surface area contributed by atoms with Gasteiger partial charge < -0.3 is 15.3 Å². The number of nitrogens with zero attached hydrogens (tertiary/aromatic N) is 1. The highest BCUT2D eigenvalue weighted by Gasteiger charge is 2.34. The van der Waals surface area contributed by atoms with Gasteiger partial charge in [0.05, 0.1) is 6.04 Å². The van der Waals surface area contributed by atoms with Crippen LogP contribution in [0.2, 0.25) is 0 Å². The molecular weight excluding hydrogens is 244 g/mol. The molecule has 1 saturated heterocycles. The Labute approximate surface area is 114 Å². The van der Waals surface area contributed by atoms with Crippen molar-refractivity contribution in [1.29, 1.82) is 0 Å². The minimum absolute atomic E-state index is 0.0519. The predicted molar refractivity (Wildman–Crippen MR) is 71.8 cm³/mol. The van der Waals surface area contributed by atoms with Crippen LogP contribution in [-0.2, 0) is 9.59 Å². The molecule has 2 aliphatic rings. The molecule has 108 valence electrons. The Bertz CT molecular complexity index is 340. The molecule has 2 unspecified atom stereocenters. The van der Waals surface area contributed by atoms with Crippen LogP contribution in [0.25, 0.3) is 0 Å². The van der Waals surface area contributed by atoms with Crippen LogP contribution in [0, 0.1) is 5.92 Å². The van der Waals surface area contributed by atoms with Gasteiger partial charge in [0.2, 0.25) is 5.91 Å². The molecule has 0 spiro atoms. The van der Waals surface area contributed by atoms with Crippen molar-refractivity contribution in [2.24, 2.45) is 5.92 Å². The summed E-state index contributed by atoms with van der Waals surface area (Å²) in [6, 6.07) is 0.0591. The second-order valence-electron chi connectivity index (χ2n) is 5.93. The van der Waals surface area contributed by atoms with Gasteiger partial charge in [-0.15, -0.1) is 0 Å². The fourth-order valence-electron chi connectivity index (χ4n) is 3.16.